The molecule has 0 atom stereocenters. The number of rotatable bonds is 3. The number of nitrogens with zero attached hydrogens (tertiary/aromatic N) is 1. The molecule has 0 bridgehead atoms. The highest BCUT2D eigenvalue weighted by Crippen LogP contribution is 2.12. The first-order valence-electron chi connectivity index (χ1n) is 5.04. The quantitative estimate of drug-likeness (QED) is 0.812. The van der Waals surface area contributed by atoms with E-state index in [2.05, 4.69) is 10.2 Å². The summed E-state index contributed by atoms with van der Waals surface area (Å²) in [5.74, 6) is -0.473. The van der Waals surface area contributed by atoms with E-state index in [1.807, 2.05) is 31.2 Å². The Labute approximate surface area is 93.5 Å². The van der Waals surface area contributed by atoms with Crippen molar-refractivity contribution in [1.29, 1.82) is 0 Å². The van der Waals surface area contributed by atoms with Crippen LogP contribution in [-0.4, -0.2) is 16.1 Å². The van der Waals surface area contributed by atoms with Crippen LogP contribution in [0, 0.1) is 6.92 Å². The van der Waals surface area contributed by atoms with Gasteiger partial charge in [0.25, 0.3) is 5.91 Å². The van der Waals surface area contributed by atoms with Crippen molar-refractivity contribution < 1.29 is 4.79 Å². The lowest BCUT2D eigenvalue weighted by atomic mass is 10.0. The Balaban J connectivity index is 2.23. The van der Waals surface area contributed by atoms with Crippen LogP contribution in [0.2, 0.25) is 0 Å². The number of carbonyl (C=O) groups is 1. The number of nitrogens with two attached hydrogens (primary N) is 1. The predicted molar refractivity (Wildman–Crippen MR) is 61.1 cm³/mol. The molecule has 0 aliphatic carbocycles. The Bertz CT molecular complexity index is 499. The fraction of sp³-hybridized carbons (Fsp3) is 0.167. The summed E-state index contributed by atoms with van der Waals surface area (Å²) < 4.78 is 0. The predicted octanol–water partition coefficient (Wildman–Crippen LogP) is 1.41. The summed E-state index contributed by atoms with van der Waals surface area (Å²) in [5, 5.41) is 6.44. The summed E-state index contributed by atoms with van der Waals surface area (Å²) in [6.45, 7) is 2.04. The molecule has 1 aromatic heterocycles. The van der Waals surface area contributed by atoms with E-state index in [4.69, 9.17) is 5.73 Å². The van der Waals surface area contributed by atoms with Crippen molar-refractivity contribution in [3.63, 3.8) is 0 Å². The van der Waals surface area contributed by atoms with Crippen molar-refractivity contribution in [2.45, 2.75) is 13.3 Å². The van der Waals surface area contributed by atoms with Gasteiger partial charge < -0.3 is 5.73 Å². The molecule has 4 heteroatoms. The summed E-state index contributed by atoms with van der Waals surface area (Å²) >= 11 is 0. The van der Waals surface area contributed by atoms with Crippen LogP contribution >= 0.6 is 0 Å². The zero-order valence-corrected chi connectivity index (χ0v) is 9.03. The van der Waals surface area contributed by atoms with Crippen molar-refractivity contribution in [1.82, 2.24) is 10.2 Å². The third kappa shape index (κ3) is 2.11. The van der Waals surface area contributed by atoms with E-state index in [1.54, 1.807) is 6.20 Å². The maximum absolute atomic E-state index is 11.1. The molecule has 2 rings (SSSR count). The fourth-order valence-corrected chi connectivity index (χ4v) is 1.58. The molecule has 0 fully saturated rings. The molecule has 1 aromatic carbocycles. The minimum Gasteiger partial charge on any atom is -0.364 e. The van der Waals surface area contributed by atoms with Gasteiger partial charge in [0, 0.05) is 12.0 Å². The molecular weight excluding hydrogens is 202 g/mol. The lowest BCUT2D eigenvalue weighted by Crippen LogP contribution is -2.13. The molecule has 1 heterocycles. The van der Waals surface area contributed by atoms with Crippen LogP contribution in [0.3, 0.4) is 0 Å². The SMILES string of the molecule is Cc1ccc(Cc2cn[nH]c2C(N)=O)cc1. The van der Waals surface area contributed by atoms with Gasteiger partial charge in [-0.3, -0.25) is 9.89 Å². The molecule has 0 radical (unpaired) electrons. The molecule has 2 aromatic rings. The highest BCUT2D eigenvalue weighted by Gasteiger charge is 2.10. The summed E-state index contributed by atoms with van der Waals surface area (Å²) in [6.07, 6.45) is 2.30. The van der Waals surface area contributed by atoms with E-state index in [-0.39, 0.29) is 0 Å². The summed E-state index contributed by atoms with van der Waals surface area (Å²) in [6, 6.07) is 8.15. The van der Waals surface area contributed by atoms with Gasteiger partial charge in [-0.05, 0) is 12.5 Å². The third-order valence-electron chi connectivity index (χ3n) is 2.48. The number of amides is 1. The van der Waals surface area contributed by atoms with Gasteiger partial charge in [-0.25, -0.2) is 0 Å². The van der Waals surface area contributed by atoms with Crippen molar-refractivity contribution >= 4 is 5.91 Å². The lowest BCUT2D eigenvalue weighted by molar-refractivity contribution is 0.0995. The molecule has 4 nitrogen and oxygen atoms in total. The molecule has 1 amide bonds. The maximum Gasteiger partial charge on any atom is 0.267 e. The normalized spacial score (nSPS) is 10.3. The van der Waals surface area contributed by atoms with Crippen LogP contribution < -0.4 is 5.73 Å². The average Bonchev–Trinajstić information content (AvgIpc) is 2.69. The molecule has 0 spiro atoms. The number of aromatic amines is 1. The minimum absolute atomic E-state index is 0.389. The second-order valence-electron chi connectivity index (χ2n) is 3.80. The van der Waals surface area contributed by atoms with Gasteiger partial charge in [0.15, 0.2) is 0 Å². The first kappa shape index (κ1) is 10.4. The first-order valence-corrected chi connectivity index (χ1v) is 5.04. The van der Waals surface area contributed by atoms with Gasteiger partial charge >= 0.3 is 0 Å². The van der Waals surface area contributed by atoms with Crippen molar-refractivity contribution in [2.24, 2.45) is 5.73 Å². The van der Waals surface area contributed by atoms with E-state index in [0.717, 1.165) is 11.1 Å². The minimum atomic E-state index is -0.473. The van der Waals surface area contributed by atoms with E-state index in [1.165, 1.54) is 5.56 Å². The number of aryl methyl sites for hydroxylation is 1. The number of benzene rings is 1. The second-order valence-corrected chi connectivity index (χ2v) is 3.80. The smallest absolute Gasteiger partial charge is 0.267 e. The maximum atomic E-state index is 11.1. The number of hydrogen-bond donors (Lipinski definition) is 2. The zero-order chi connectivity index (χ0) is 11.5. The van der Waals surface area contributed by atoms with Crippen molar-refractivity contribution in [3.05, 3.63) is 52.8 Å². The van der Waals surface area contributed by atoms with Gasteiger partial charge in [-0.2, -0.15) is 5.10 Å². The Morgan fingerprint density at radius 2 is 2.06 bits per heavy atom. The lowest BCUT2D eigenvalue weighted by Gasteiger charge is -2.01. The Kier molecular flexibility index (Phi) is 2.72. The molecule has 82 valence electrons. The van der Waals surface area contributed by atoms with Crippen molar-refractivity contribution in [2.75, 3.05) is 0 Å². The van der Waals surface area contributed by atoms with Gasteiger partial charge in [0.1, 0.15) is 5.69 Å². The molecule has 0 saturated carbocycles. The van der Waals surface area contributed by atoms with Crippen LogP contribution in [0.25, 0.3) is 0 Å². The number of primary amides is 1. The number of hydrogen-bond acceptors (Lipinski definition) is 2. The summed E-state index contributed by atoms with van der Waals surface area (Å²) in [4.78, 5) is 11.1. The van der Waals surface area contributed by atoms with E-state index in [0.29, 0.717) is 12.1 Å². The highest BCUT2D eigenvalue weighted by molar-refractivity contribution is 5.92. The van der Waals surface area contributed by atoms with Crippen LogP contribution in [0.1, 0.15) is 27.2 Å². The molecule has 16 heavy (non-hydrogen) atoms. The number of nitrogens with one attached hydrogen (secondary N) is 1. The van der Waals surface area contributed by atoms with E-state index >= 15 is 0 Å². The second kappa shape index (κ2) is 4.18. The molecule has 0 aliphatic heterocycles. The van der Waals surface area contributed by atoms with Crippen LogP contribution in [0.5, 0.6) is 0 Å². The van der Waals surface area contributed by atoms with Gasteiger partial charge in [0.2, 0.25) is 0 Å². The molecule has 0 aliphatic rings. The molecule has 0 saturated heterocycles. The molecule has 3 N–H and O–H groups in total. The fourth-order valence-electron chi connectivity index (χ4n) is 1.58. The number of carbonyl (C=O) groups excluding carboxylic acids is 1. The third-order valence-corrected chi connectivity index (χ3v) is 2.48. The highest BCUT2D eigenvalue weighted by atomic mass is 16.1. The topological polar surface area (TPSA) is 71.8 Å². The van der Waals surface area contributed by atoms with E-state index in [9.17, 15) is 4.79 Å². The molecular formula is C12H13N3O. The zero-order valence-electron chi connectivity index (χ0n) is 9.03. The van der Waals surface area contributed by atoms with Crippen LogP contribution in [-0.2, 0) is 6.42 Å². The number of H-pyrrole nitrogens is 1. The van der Waals surface area contributed by atoms with E-state index < -0.39 is 5.91 Å². The summed E-state index contributed by atoms with van der Waals surface area (Å²) in [7, 11) is 0. The van der Waals surface area contributed by atoms with Crippen molar-refractivity contribution in [3.8, 4) is 0 Å². The van der Waals surface area contributed by atoms with Gasteiger partial charge in [-0.15, -0.1) is 0 Å². The van der Waals surface area contributed by atoms with Crippen LogP contribution in [0.15, 0.2) is 30.5 Å². The average molecular weight is 215 g/mol. The van der Waals surface area contributed by atoms with Gasteiger partial charge in [-0.1, -0.05) is 29.8 Å². The molecule has 0 unspecified atom stereocenters. The first-order chi connectivity index (χ1) is 7.66. The largest absolute Gasteiger partial charge is 0.364 e. The van der Waals surface area contributed by atoms with Crippen LogP contribution in [0.4, 0.5) is 0 Å². The van der Waals surface area contributed by atoms with Gasteiger partial charge in [0.05, 0.1) is 6.20 Å². The Morgan fingerprint density at radius 1 is 1.38 bits per heavy atom. The Hall–Kier alpha value is -2.10. The summed E-state index contributed by atoms with van der Waals surface area (Å²) in [5.41, 5.74) is 8.79. The standard InChI is InChI=1S/C12H13N3O/c1-8-2-4-9(5-3-8)6-10-7-14-15-11(10)12(13)16/h2-5,7H,6H2,1H3,(H2,13,16)(H,14,15). The number of aromatic nitrogens is 2. The Morgan fingerprint density at radius 3 is 2.69 bits per heavy atom. The monoisotopic (exact) mass is 215 g/mol.